The maximum atomic E-state index is 9.98. The van der Waals surface area contributed by atoms with Gasteiger partial charge in [0, 0.05) is 30.3 Å². The van der Waals surface area contributed by atoms with Crippen LogP contribution in [0.5, 0.6) is 0 Å². The zero-order valence-electron chi connectivity index (χ0n) is 11.6. The monoisotopic (exact) mass is 270 g/mol. The first-order valence-corrected chi connectivity index (χ1v) is 6.65. The highest BCUT2D eigenvalue weighted by Crippen LogP contribution is 2.26. The zero-order valence-corrected chi connectivity index (χ0v) is 12.4. The number of nitrogens with one attached hydrogen (secondary N) is 1. The van der Waals surface area contributed by atoms with Crippen LogP contribution in [0.25, 0.3) is 0 Å². The van der Waals surface area contributed by atoms with E-state index in [-0.39, 0.29) is 0 Å². The molecular weight excluding hydrogens is 248 g/mol. The third-order valence-electron chi connectivity index (χ3n) is 2.71. The molecule has 0 saturated heterocycles. The molecule has 1 rings (SSSR count). The number of hydrogen-bond acceptors (Lipinski definition) is 3. The van der Waals surface area contributed by atoms with Gasteiger partial charge in [0.15, 0.2) is 0 Å². The lowest BCUT2D eigenvalue weighted by molar-refractivity contribution is 0.0875. The number of likely N-dealkylation sites (N-methyl/N-ethyl adjacent to an activating group) is 1. The maximum absolute atomic E-state index is 9.98. The smallest absolute Gasteiger partial charge is 0.0765 e. The summed E-state index contributed by atoms with van der Waals surface area (Å²) in [5.41, 5.74) is 1.55. The van der Waals surface area contributed by atoms with Gasteiger partial charge in [-0.15, -0.1) is 0 Å². The van der Waals surface area contributed by atoms with Crippen molar-refractivity contribution >= 4 is 17.3 Å². The molecule has 1 aromatic rings. The number of hydrogen-bond donors (Lipinski definition) is 2. The lowest BCUT2D eigenvalue weighted by Gasteiger charge is -2.31. The molecule has 0 heterocycles. The van der Waals surface area contributed by atoms with Crippen LogP contribution < -0.4 is 10.2 Å². The lowest BCUT2D eigenvalue weighted by atomic mass is 10.1. The Bertz CT molecular complexity index is 388. The minimum atomic E-state index is -0.727. The van der Waals surface area contributed by atoms with Crippen molar-refractivity contribution in [3.8, 4) is 0 Å². The standard InChI is InChI=1S/C14H23ClN2O/c1-5-17(10-14(2,3)18)13-8-12(15)7-6-11(13)9-16-4/h6-8,16,18H,5,9-10H2,1-4H3. The van der Waals surface area contributed by atoms with Gasteiger partial charge in [-0.25, -0.2) is 0 Å². The largest absolute Gasteiger partial charge is 0.389 e. The molecule has 0 spiro atoms. The van der Waals surface area contributed by atoms with Crippen LogP contribution in [-0.2, 0) is 6.54 Å². The average Bonchev–Trinajstić information content (AvgIpc) is 2.27. The first kappa shape index (κ1) is 15.3. The van der Waals surface area contributed by atoms with Crippen LogP contribution in [0.1, 0.15) is 26.3 Å². The predicted molar refractivity (Wildman–Crippen MR) is 78.4 cm³/mol. The van der Waals surface area contributed by atoms with Gasteiger partial charge in [-0.1, -0.05) is 17.7 Å². The van der Waals surface area contributed by atoms with Crippen molar-refractivity contribution in [1.29, 1.82) is 0 Å². The van der Waals surface area contributed by atoms with Crippen LogP contribution in [0.15, 0.2) is 18.2 Å². The summed E-state index contributed by atoms with van der Waals surface area (Å²) in [6.07, 6.45) is 0. The Morgan fingerprint density at radius 3 is 2.56 bits per heavy atom. The maximum Gasteiger partial charge on any atom is 0.0765 e. The second-order valence-electron chi connectivity index (χ2n) is 5.13. The van der Waals surface area contributed by atoms with Crippen LogP contribution in [0.3, 0.4) is 0 Å². The summed E-state index contributed by atoms with van der Waals surface area (Å²) in [7, 11) is 1.92. The first-order chi connectivity index (χ1) is 8.37. The van der Waals surface area contributed by atoms with Gasteiger partial charge in [-0.2, -0.15) is 0 Å². The average molecular weight is 271 g/mol. The topological polar surface area (TPSA) is 35.5 Å². The summed E-state index contributed by atoms with van der Waals surface area (Å²) in [5.74, 6) is 0. The molecule has 0 amide bonds. The first-order valence-electron chi connectivity index (χ1n) is 6.27. The molecule has 1 aromatic carbocycles. The minimum Gasteiger partial charge on any atom is -0.389 e. The minimum absolute atomic E-state index is 0.584. The van der Waals surface area contributed by atoms with Crippen molar-refractivity contribution in [2.75, 3.05) is 25.0 Å². The van der Waals surface area contributed by atoms with Crippen LogP contribution in [0, 0.1) is 0 Å². The highest BCUT2D eigenvalue weighted by atomic mass is 35.5. The quantitative estimate of drug-likeness (QED) is 0.834. The number of nitrogens with zero attached hydrogens (tertiary/aromatic N) is 1. The summed E-state index contributed by atoms with van der Waals surface area (Å²) in [4.78, 5) is 2.15. The summed E-state index contributed by atoms with van der Waals surface area (Å²) < 4.78 is 0. The van der Waals surface area contributed by atoms with Gasteiger partial charge in [0.1, 0.15) is 0 Å². The van der Waals surface area contributed by atoms with Crippen LogP contribution in [-0.4, -0.2) is 30.8 Å². The molecule has 4 heteroatoms. The summed E-state index contributed by atoms with van der Waals surface area (Å²) >= 11 is 6.08. The van der Waals surface area contributed by atoms with Crippen LogP contribution in [0.4, 0.5) is 5.69 Å². The molecular formula is C14H23ClN2O. The Hall–Kier alpha value is -0.770. The van der Waals surface area contributed by atoms with E-state index in [9.17, 15) is 5.11 Å². The second kappa shape index (κ2) is 6.41. The molecule has 0 atom stereocenters. The molecule has 102 valence electrons. The van der Waals surface area contributed by atoms with E-state index >= 15 is 0 Å². The van der Waals surface area contributed by atoms with E-state index in [2.05, 4.69) is 17.1 Å². The predicted octanol–water partition coefficient (Wildman–Crippen LogP) is 2.66. The van der Waals surface area contributed by atoms with Gasteiger partial charge < -0.3 is 15.3 Å². The molecule has 3 nitrogen and oxygen atoms in total. The normalized spacial score (nSPS) is 11.7. The fourth-order valence-corrected chi connectivity index (χ4v) is 2.17. The zero-order chi connectivity index (χ0) is 13.8. The van der Waals surface area contributed by atoms with Crippen molar-refractivity contribution in [1.82, 2.24) is 5.32 Å². The van der Waals surface area contributed by atoms with Gasteiger partial charge in [-0.3, -0.25) is 0 Å². The number of halogens is 1. The van der Waals surface area contributed by atoms with Crippen molar-refractivity contribution in [2.45, 2.75) is 32.9 Å². The summed E-state index contributed by atoms with van der Waals surface area (Å²) in [6.45, 7) is 7.92. The van der Waals surface area contributed by atoms with E-state index in [1.54, 1.807) is 0 Å². The molecule has 2 N–H and O–H groups in total. The molecule has 0 aromatic heterocycles. The SMILES string of the molecule is CCN(CC(C)(C)O)c1cc(Cl)ccc1CNC. The van der Waals surface area contributed by atoms with E-state index in [0.29, 0.717) is 6.54 Å². The third kappa shape index (κ3) is 4.48. The van der Waals surface area contributed by atoms with Gasteiger partial charge in [-0.05, 0) is 45.5 Å². The fourth-order valence-electron chi connectivity index (χ4n) is 2.01. The molecule has 18 heavy (non-hydrogen) atoms. The van der Waals surface area contributed by atoms with Gasteiger partial charge >= 0.3 is 0 Å². The molecule has 0 fully saturated rings. The Balaban J connectivity index is 3.06. The van der Waals surface area contributed by atoms with E-state index in [1.165, 1.54) is 5.56 Å². The Morgan fingerprint density at radius 1 is 1.39 bits per heavy atom. The van der Waals surface area contributed by atoms with Gasteiger partial charge in [0.25, 0.3) is 0 Å². The molecule has 0 aliphatic carbocycles. The highest BCUT2D eigenvalue weighted by molar-refractivity contribution is 6.30. The number of benzene rings is 1. The van der Waals surface area contributed by atoms with E-state index in [1.807, 2.05) is 39.1 Å². The third-order valence-corrected chi connectivity index (χ3v) is 2.95. The second-order valence-corrected chi connectivity index (χ2v) is 5.57. The molecule has 0 saturated carbocycles. The van der Waals surface area contributed by atoms with Gasteiger partial charge in [0.2, 0.25) is 0 Å². The van der Waals surface area contributed by atoms with E-state index in [4.69, 9.17) is 11.6 Å². The summed E-state index contributed by atoms with van der Waals surface area (Å²) in [5, 5.41) is 13.9. The fraction of sp³-hybridized carbons (Fsp3) is 0.571. The number of anilines is 1. The van der Waals surface area contributed by atoms with Crippen molar-refractivity contribution in [2.24, 2.45) is 0 Å². The molecule has 0 radical (unpaired) electrons. The lowest BCUT2D eigenvalue weighted by Crippen LogP contribution is -2.39. The molecule has 0 unspecified atom stereocenters. The summed E-state index contributed by atoms with van der Waals surface area (Å²) in [6, 6.07) is 5.89. The Morgan fingerprint density at radius 2 is 2.06 bits per heavy atom. The van der Waals surface area contributed by atoms with Crippen molar-refractivity contribution in [3.63, 3.8) is 0 Å². The Labute approximate surface area is 115 Å². The molecule has 0 aliphatic heterocycles. The number of rotatable bonds is 6. The van der Waals surface area contributed by atoms with E-state index < -0.39 is 5.60 Å². The van der Waals surface area contributed by atoms with Crippen molar-refractivity contribution < 1.29 is 5.11 Å². The van der Waals surface area contributed by atoms with Gasteiger partial charge in [0.05, 0.1) is 5.60 Å². The number of aliphatic hydroxyl groups is 1. The van der Waals surface area contributed by atoms with Crippen LogP contribution in [0.2, 0.25) is 5.02 Å². The van der Waals surface area contributed by atoms with Crippen molar-refractivity contribution in [3.05, 3.63) is 28.8 Å². The highest BCUT2D eigenvalue weighted by Gasteiger charge is 2.19. The van der Waals surface area contributed by atoms with E-state index in [0.717, 1.165) is 23.8 Å². The Kier molecular flexibility index (Phi) is 5.45. The molecule has 0 aliphatic rings. The molecule has 0 bridgehead atoms. The van der Waals surface area contributed by atoms with Crippen LogP contribution >= 0.6 is 11.6 Å².